The van der Waals surface area contributed by atoms with Crippen LogP contribution in [-0.2, 0) is 11.3 Å². The van der Waals surface area contributed by atoms with Gasteiger partial charge in [-0.05, 0) is 48.0 Å². The summed E-state index contributed by atoms with van der Waals surface area (Å²) >= 11 is 0. The lowest BCUT2D eigenvalue weighted by molar-refractivity contribution is -1.02. The molecule has 3 aromatic carbocycles. The van der Waals surface area contributed by atoms with E-state index >= 15 is 0 Å². The van der Waals surface area contributed by atoms with Crippen molar-refractivity contribution in [1.29, 1.82) is 0 Å². The molecule has 0 spiro atoms. The standard InChI is InChI=1S/C25H27N3O3/c1-18(25(29)26-22-8-7-20-4-2-3-5-21(20)15-22)28-12-10-27(11-13-28)16-19-6-9-23-24(14-19)31-17-30-23/h2-9,14-15,18H,10-13,16-17H2,1H3,(H,26,29)/p+2/t18-/m1/s1. The molecule has 1 amide bonds. The van der Waals surface area contributed by atoms with Crippen LogP contribution in [0, 0.1) is 0 Å². The predicted octanol–water partition coefficient (Wildman–Crippen LogP) is 0.879. The lowest BCUT2D eigenvalue weighted by Gasteiger charge is -2.32. The lowest BCUT2D eigenvalue weighted by Crippen LogP contribution is -3.29. The van der Waals surface area contributed by atoms with Gasteiger partial charge in [0.15, 0.2) is 17.5 Å². The van der Waals surface area contributed by atoms with E-state index in [4.69, 9.17) is 9.47 Å². The van der Waals surface area contributed by atoms with Crippen LogP contribution in [0.5, 0.6) is 11.5 Å². The maximum atomic E-state index is 12.9. The molecule has 160 valence electrons. The molecule has 1 fully saturated rings. The second-order valence-corrected chi connectivity index (χ2v) is 8.55. The number of rotatable bonds is 5. The van der Waals surface area contributed by atoms with Crippen LogP contribution in [0.15, 0.2) is 60.7 Å². The largest absolute Gasteiger partial charge is 0.454 e. The van der Waals surface area contributed by atoms with E-state index in [0.717, 1.165) is 55.3 Å². The third-order valence-electron chi connectivity index (χ3n) is 6.51. The Hall–Kier alpha value is -3.09. The maximum Gasteiger partial charge on any atom is 0.282 e. The Balaban J connectivity index is 1.14. The number of benzene rings is 3. The highest BCUT2D eigenvalue weighted by Gasteiger charge is 2.31. The smallest absolute Gasteiger partial charge is 0.282 e. The monoisotopic (exact) mass is 419 g/mol. The van der Waals surface area contributed by atoms with Crippen molar-refractivity contribution >= 4 is 22.4 Å². The van der Waals surface area contributed by atoms with E-state index in [1.807, 2.05) is 37.3 Å². The van der Waals surface area contributed by atoms with Gasteiger partial charge in [-0.15, -0.1) is 0 Å². The molecule has 0 radical (unpaired) electrons. The molecule has 1 saturated heterocycles. The second-order valence-electron chi connectivity index (χ2n) is 8.55. The van der Waals surface area contributed by atoms with Crippen molar-refractivity contribution in [2.75, 3.05) is 38.3 Å². The summed E-state index contributed by atoms with van der Waals surface area (Å²) in [6.45, 7) is 7.41. The van der Waals surface area contributed by atoms with Crippen LogP contribution >= 0.6 is 0 Å². The number of amides is 1. The molecule has 0 aliphatic carbocycles. The Bertz CT molecular complexity index is 1090. The molecule has 31 heavy (non-hydrogen) atoms. The molecule has 0 unspecified atom stereocenters. The van der Waals surface area contributed by atoms with Crippen molar-refractivity contribution in [1.82, 2.24) is 0 Å². The van der Waals surface area contributed by atoms with Crippen LogP contribution in [0.4, 0.5) is 5.69 Å². The minimum Gasteiger partial charge on any atom is -0.454 e. The van der Waals surface area contributed by atoms with Gasteiger partial charge in [-0.2, -0.15) is 0 Å². The number of nitrogens with one attached hydrogen (secondary N) is 3. The highest BCUT2D eigenvalue weighted by Crippen LogP contribution is 2.32. The number of ether oxygens (including phenoxy) is 2. The summed E-state index contributed by atoms with van der Waals surface area (Å²) in [5.41, 5.74) is 2.13. The van der Waals surface area contributed by atoms with Crippen molar-refractivity contribution in [3.63, 3.8) is 0 Å². The Morgan fingerprint density at radius 1 is 0.935 bits per heavy atom. The van der Waals surface area contributed by atoms with Gasteiger partial charge in [-0.3, -0.25) is 4.79 Å². The van der Waals surface area contributed by atoms with Crippen LogP contribution in [0.2, 0.25) is 0 Å². The normalized spacial score (nSPS) is 21.1. The number of carbonyl (C=O) groups excluding carboxylic acids is 1. The number of fused-ring (bicyclic) bond motifs is 2. The van der Waals surface area contributed by atoms with Crippen molar-refractivity contribution < 1.29 is 24.1 Å². The summed E-state index contributed by atoms with van der Waals surface area (Å²) in [4.78, 5) is 15.8. The predicted molar refractivity (Wildman–Crippen MR) is 120 cm³/mol. The fraction of sp³-hybridized carbons (Fsp3) is 0.320. The lowest BCUT2D eigenvalue weighted by atomic mass is 10.1. The quantitative estimate of drug-likeness (QED) is 0.576. The van der Waals surface area contributed by atoms with Gasteiger partial charge in [0.25, 0.3) is 5.91 Å². The van der Waals surface area contributed by atoms with Crippen LogP contribution in [0.25, 0.3) is 10.8 Å². The van der Waals surface area contributed by atoms with Crippen molar-refractivity contribution in [2.45, 2.75) is 19.5 Å². The Morgan fingerprint density at radius 3 is 2.55 bits per heavy atom. The summed E-state index contributed by atoms with van der Waals surface area (Å²) < 4.78 is 10.9. The van der Waals surface area contributed by atoms with Gasteiger partial charge in [0.2, 0.25) is 6.79 Å². The Kier molecular flexibility index (Phi) is 5.49. The van der Waals surface area contributed by atoms with E-state index in [9.17, 15) is 4.79 Å². The van der Waals surface area contributed by atoms with Crippen LogP contribution in [0.3, 0.4) is 0 Å². The van der Waals surface area contributed by atoms with Gasteiger partial charge in [-0.25, -0.2) is 0 Å². The molecule has 1 atom stereocenters. The summed E-state index contributed by atoms with van der Waals surface area (Å²) in [7, 11) is 0. The number of hydrogen-bond acceptors (Lipinski definition) is 3. The molecule has 6 nitrogen and oxygen atoms in total. The van der Waals surface area contributed by atoms with Crippen molar-refractivity contribution in [3.8, 4) is 11.5 Å². The molecule has 2 aliphatic heterocycles. The highest BCUT2D eigenvalue weighted by atomic mass is 16.7. The first-order chi connectivity index (χ1) is 15.2. The van der Waals surface area contributed by atoms with E-state index in [1.165, 1.54) is 15.8 Å². The minimum atomic E-state index is -0.0708. The van der Waals surface area contributed by atoms with E-state index in [1.54, 1.807) is 4.90 Å². The fourth-order valence-electron chi connectivity index (χ4n) is 4.58. The number of piperazine rings is 1. The van der Waals surface area contributed by atoms with Crippen LogP contribution < -0.4 is 24.6 Å². The van der Waals surface area contributed by atoms with Gasteiger partial charge in [0.1, 0.15) is 32.7 Å². The van der Waals surface area contributed by atoms with Crippen LogP contribution in [-0.4, -0.2) is 44.9 Å². The zero-order chi connectivity index (χ0) is 21.2. The van der Waals surface area contributed by atoms with Crippen LogP contribution in [0.1, 0.15) is 12.5 Å². The minimum absolute atomic E-state index is 0.0708. The molecular formula is C25H29N3O3+2. The van der Waals surface area contributed by atoms with E-state index < -0.39 is 0 Å². The molecular weight excluding hydrogens is 390 g/mol. The topological polar surface area (TPSA) is 56.4 Å². The van der Waals surface area contributed by atoms with Crippen molar-refractivity contribution in [2.24, 2.45) is 0 Å². The van der Waals surface area contributed by atoms with Gasteiger partial charge in [0.05, 0.1) is 0 Å². The summed E-state index contributed by atoms with van der Waals surface area (Å²) in [6, 6.07) is 20.4. The van der Waals surface area contributed by atoms with E-state index in [2.05, 4.69) is 35.6 Å². The van der Waals surface area contributed by atoms with E-state index in [0.29, 0.717) is 6.79 Å². The molecule has 5 rings (SSSR count). The number of quaternary nitrogens is 2. The molecule has 3 aromatic rings. The Morgan fingerprint density at radius 2 is 1.71 bits per heavy atom. The molecule has 2 aliphatic rings. The number of anilines is 1. The Labute approximate surface area is 182 Å². The average molecular weight is 420 g/mol. The maximum absolute atomic E-state index is 12.9. The molecule has 6 heteroatoms. The number of hydrogen-bond donors (Lipinski definition) is 3. The van der Waals surface area contributed by atoms with E-state index in [-0.39, 0.29) is 11.9 Å². The zero-order valence-electron chi connectivity index (χ0n) is 17.8. The third-order valence-corrected chi connectivity index (χ3v) is 6.51. The number of carbonyl (C=O) groups is 1. The second kappa shape index (κ2) is 8.57. The first-order valence-corrected chi connectivity index (χ1v) is 11.0. The van der Waals surface area contributed by atoms with Gasteiger partial charge < -0.3 is 24.6 Å². The van der Waals surface area contributed by atoms with Gasteiger partial charge in [0, 0.05) is 11.3 Å². The highest BCUT2D eigenvalue weighted by molar-refractivity contribution is 5.96. The first-order valence-electron chi connectivity index (χ1n) is 11.0. The van der Waals surface area contributed by atoms with Crippen molar-refractivity contribution in [3.05, 3.63) is 66.2 Å². The summed E-state index contributed by atoms with van der Waals surface area (Å²) in [5, 5.41) is 5.43. The summed E-state index contributed by atoms with van der Waals surface area (Å²) in [6.07, 6.45) is 0. The molecule has 0 saturated carbocycles. The molecule has 2 heterocycles. The first kappa shape index (κ1) is 19.8. The molecule has 0 bridgehead atoms. The third kappa shape index (κ3) is 4.36. The van der Waals surface area contributed by atoms with Gasteiger partial charge in [-0.1, -0.05) is 30.3 Å². The SMILES string of the molecule is C[C@H](C(=O)Nc1ccc2ccccc2c1)[NH+]1CC[NH+](Cc2ccc3c(c2)OCO3)CC1. The van der Waals surface area contributed by atoms with Gasteiger partial charge >= 0.3 is 0 Å². The zero-order valence-corrected chi connectivity index (χ0v) is 17.8. The summed E-state index contributed by atoms with van der Waals surface area (Å²) in [5.74, 6) is 1.77. The fourth-order valence-corrected chi connectivity index (χ4v) is 4.58. The molecule has 0 aromatic heterocycles. The molecule has 3 N–H and O–H groups in total. The average Bonchev–Trinajstić information content (AvgIpc) is 3.27.